The van der Waals surface area contributed by atoms with Crippen LogP contribution in [0.4, 0.5) is 0 Å². The lowest BCUT2D eigenvalue weighted by Gasteiger charge is -2.37. The number of unbranched alkanes of at least 4 members (excludes halogenated alkanes) is 1. The van der Waals surface area contributed by atoms with Gasteiger partial charge in [-0.15, -0.1) is 4.83 Å². The van der Waals surface area contributed by atoms with Crippen molar-refractivity contribution in [2.75, 3.05) is 31.9 Å². The van der Waals surface area contributed by atoms with Crippen LogP contribution in [0.3, 0.4) is 0 Å². The van der Waals surface area contributed by atoms with E-state index >= 15 is 0 Å². The molecule has 3 saturated carbocycles. The molecule has 3 aliphatic rings. The highest BCUT2D eigenvalue weighted by atomic mass is 32.2. The monoisotopic (exact) mass is 733 g/mol. The molecule has 49 heavy (non-hydrogen) atoms. The zero-order valence-corrected chi connectivity index (χ0v) is 32.1. The first-order chi connectivity index (χ1) is 23.3. The second-order valence-corrected chi connectivity index (χ2v) is 18.8. The number of nitrogens with two attached hydrogens (primary N) is 1. The fraction of sp³-hybridized carbons (Fsp3) is 0.943. The van der Waals surface area contributed by atoms with Crippen molar-refractivity contribution in [3.8, 4) is 0 Å². The average Bonchev–Trinajstić information content (AvgIpc) is 3.06. The zero-order chi connectivity index (χ0) is 36.0. The van der Waals surface area contributed by atoms with Gasteiger partial charge in [-0.2, -0.15) is 0 Å². The Balaban J connectivity index is 1.79. The molecule has 5 atom stereocenters. The molecule has 0 heterocycles. The standard InChI is InChI=1S/C35H67N5O7S2/c1-4-7-20-40(38-48(44,45)26-28-16-12-9-13-17-28)25-33(41)32(21-27-14-10-8-11-15-27)37-34(42)29-22-30(24-31(23-29)49(36,46)47)35(43)39(18-5-2)19-6-3/h27-33,38,41H,4-26H2,1-3H3,(H,37,42)(H2,36,46,47). The molecule has 12 nitrogen and oxygen atoms in total. The summed E-state index contributed by atoms with van der Waals surface area (Å²) in [6.07, 6.45) is 13.3. The highest BCUT2D eigenvalue weighted by Crippen LogP contribution is 2.35. The number of nitrogens with one attached hydrogen (secondary N) is 2. The van der Waals surface area contributed by atoms with Crippen molar-refractivity contribution in [1.29, 1.82) is 0 Å². The van der Waals surface area contributed by atoms with Gasteiger partial charge in [-0.05, 0) is 69.6 Å². The maximum Gasteiger partial charge on any atom is 0.225 e. The normalized spacial score (nSPS) is 24.4. The summed E-state index contributed by atoms with van der Waals surface area (Å²) in [5, 5.41) is 21.0. The van der Waals surface area contributed by atoms with Gasteiger partial charge >= 0.3 is 0 Å². The van der Waals surface area contributed by atoms with Crippen LogP contribution in [-0.4, -0.2) is 93.0 Å². The Hall–Kier alpha value is -1.32. The van der Waals surface area contributed by atoms with Gasteiger partial charge in [0.05, 0.1) is 23.1 Å². The number of hydrazine groups is 1. The number of hydrogen-bond acceptors (Lipinski definition) is 8. The first kappa shape index (κ1) is 42.1. The lowest BCUT2D eigenvalue weighted by molar-refractivity contribution is -0.138. The topological polar surface area (TPSA) is 179 Å². The largest absolute Gasteiger partial charge is 0.390 e. The van der Waals surface area contributed by atoms with E-state index in [1.54, 1.807) is 9.91 Å². The van der Waals surface area contributed by atoms with E-state index in [-0.39, 0.29) is 49.3 Å². The van der Waals surface area contributed by atoms with Crippen molar-refractivity contribution in [1.82, 2.24) is 20.1 Å². The van der Waals surface area contributed by atoms with E-state index in [4.69, 9.17) is 5.14 Å². The Bertz CT molecular complexity index is 1220. The molecular formula is C35H67N5O7S2. The van der Waals surface area contributed by atoms with E-state index < -0.39 is 49.3 Å². The van der Waals surface area contributed by atoms with Crippen molar-refractivity contribution in [3.05, 3.63) is 0 Å². The number of sulfonamides is 2. The molecule has 0 saturated heterocycles. The molecule has 0 spiro atoms. The van der Waals surface area contributed by atoms with E-state index in [9.17, 15) is 31.5 Å². The van der Waals surface area contributed by atoms with Crippen LogP contribution < -0.4 is 15.3 Å². The van der Waals surface area contributed by atoms with E-state index in [1.165, 1.54) is 0 Å². The predicted octanol–water partition coefficient (Wildman–Crippen LogP) is 4.04. The van der Waals surface area contributed by atoms with E-state index in [1.807, 2.05) is 20.8 Å². The molecule has 3 fully saturated rings. The molecule has 0 aromatic carbocycles. The van der Waals surface area contributed by atoms with Gasteiger partial charge in [-0.3, -0.25) is 9.59 Å². The van der Waals surface area contributed by atoms with Crippen LogP contribution in [0, 0.1) is 23.7 Å². The molecule has 0 aromatic rings. The van der Waals surface area contributed by atoms with Crippen molar-refractivity contribution in [2.24, 2.45) is 28.8 Å². The van der Waals surface area contributed by atoms with Gasteiger partial charge < -0.3 is 15.3 Å². The second kappa shape index (κ2) is 20.7. The molecule has 14 heteroatoms. The lowest BCUT2D eigenvalue weighted by atomic mass is 9.79. The van der Waals surface area contributed by atoms with Crippen LogP contribution >= 0.6 is 0 Å². The zero-order valence-electron chi connectivity index (χ0n) is 30.5. The first-order valence-corrected chi connectivity index (χ1v) is 22.6. The number of carbonyl (C=O) groups is 2. The highest BCUT2D eigenvalue weighted by Gasteiger charge is 2.42. The van der Waals surface area contributed by atoms with Crippen LogP contribution in [0.5, 0.6) is 0 Å². The van der Waals surface area contributed by atoms with Crippen molar-refractivity contribution in [3.63, 3.8) is 0 Å². The minimum absolute atomic E-state index is 0.0101. The summed E-state index contributed by atoms with van der Waals surface area (Å²) in [4.78, 5) is 32.2. The number of rotatable bonds is 20. The number of nitrogens with zero attached hydrogens (tertiary/aromatic N) is 2. The van der Waals surface area contributed by atoms with E-state index in [0.717, 1.165) is 89.9 Å². The molecule has 2 amide bonds. The second-order valence-electron chi connectivity index (χ2n) is 15.2. The third kappa shape index (κ3) is 14.3. The third-order valence-corrected chi connectivity index (χ3v) is 13.6. The summed E-state index contributed by atoms with van der Waals surface area (Å²) in [7, 11) is -7.63. The fourth-order valence-electron chi connectivity index (χ4n) is 8.25. The summed E-state index contributed by atoms with van der Waals surface area (Å²) < 4.78 is 51.7. The van der Waals surface area contributed by atoms with Crippen LogP contribution in [0.2, 0.25) is 0 Å². The SMILES string of the molecule is CCCCN(CC(O)C(CC1CCCCC1)NC(=O)C1CC(C(=O)N(CCC)CCC)CC(S(N)(=O)=O)C1)NS(=O)(=O)CC1CCCCC1. The minimum Gasteiger partial charge on any atom is -0.390 e. The molecule has 3 aliphatic carbocycles. The number of hydrogen-bond donors (Lipinski definition) is 4. The summed E-state index contributed by atoms with van der Waals surface area (Å²) in [5.74, 6) is -1.43. The number of primary sulfonamides is 1. The summed E-state index contributed by atoms with van der Waals surface area (Å²) in [5.41, 5.74) is 0. The maximum atomic E-state index is 14.0. The van der Waals surface area contributed by atoms with Gasteiger partial charge in [0, 0.05) is 38.0 Å². The molecule has 0 bridgehead atoms. The Morgan fingerprint density at radius 1 is 0.796 bits per heavy atom. The molecule has 0 aliphatic heterocycles. The smallest absolute Gasteiger partial charge is 0.225 e. The molecule has 3 rings (SSSR count). The number of aliphatic hydroxyl groups is 1. The quantitative estimate of drug-likeness (QED) is 0.135. The van der Waals surface area contributed by atoms with Gasteiger partial charge in [-0.1, -0.05) is 78.6 Å². The molecule has 5 unspecified atom stereocenters. The Labute approximate surface area is 297 Å². The lowest BCUT2D eigenvalue weighted by Crippen LogP contribution is -2.55. The van der Waals surface area contributed by atoms with Crippen LogP contribution in [0.25, 0.3) is 0 Å². The molecule has 0 radical (unpaired) electrons. The van der Waals surface area contributed by atoms with Crippen molar-refractivity contribution in [2.45, 2.75) is 154 Å². The number of carbonyl (C=O) groups excluding carboxylic acids is 2. The Morgan fingerprint density at radius 2 is 1.37 bits per heavy atom. The highest BCUT2D eigenvalue weighted by molar-refractivity contribution is 7.89. The van der Waals surface area contributed by atoms with Gasteiger partial charge in [0.2, 0.25) is 31.9 Å². The summed E-state index contributed by atoms with van der Waals surface area (Å²) in [6.45, 7) is 7.57. The van der Waals surface area contributed by atoms with Gasteiger partial charge in [-0.25, -0.2) is 27.0 Å². The van der Waals surface area contributed by atoms with Crippen LogP contribution in [0.1, 0.15) is 136 Å². The van der Waals surface area contributed by atoms with Gasteiger partial charge in [0.15, 0.2) is 0 Å². The van der Waals surface area contributed by atoms with Crippen molar-refractivity contribution < 1.29 is 31.5 Å². The van der Waals surface area contributed by atoms with Crippen LogP contribution in [0.15, 0.2) is 0 Å². The fourth-order valence-corrected chi connectivity index (χ4v) is 10.8. The number of amides is 2. The Kier molecular flexibility index (Phi) is 17.7. The maximum absolute atomic E-state index is 14.0. The number of aliphatic hydroxyl groups excluding tert-OH is 1. The molecule has 0 aromatic heterocycles. The van der Waals surface area contributed by atoms with E-state index in [2.05, 4.69) is 10.1 Å². The first-order valence-electron chi connectivity index (χ1n) is 19.3. The molecule has 286 valence electrons. The summed E-state index contributed by atoms with van der Waals surface area (Å²) >= 11 is 0. The molecule has 5 N–H and O–H groups in total. The van der Waals surface area contributed by atoms with Crippen LogP contribution in [-0.2, 0) is 29.6 Å². The Morgan fingerprint density at radius 3 is 1.92 bits per heavy atom. The molecular weight excluding hydrogens is 667 g/mol. The average molecular weight is 734 g/mol. The minimum atomic E-state index is -4.00. The van der Waals surface area contributed by atoms with Crippen molar-refractivity contribution >= 4 is 31.9 Å². The van der Waals surface area contributed by atoms with E-state index in [0.29, 0.717) is 32.0 Å². The predicted molar refractivity (Wildman–Crippen MR) is 194 cm³/mol. The van der Waals surface area contributed by atoms with Gasteiger partial charge in [0.1, 0.15) is 0 Å². The van der Waals surface area contributed by atoms with Gasteiger partial charge in [0.25, 0.3) is 0 Å². The summed E-state index contributed by atoms with van der Waals surface area (Å²) in [6, 6.07) is -0.664. The third-order valence-electron chi connectivity index (χ3n) is 10.9.